The molecule has 6 nitrogen and oxygen atoms in total. The molecule has 0 radical (unpaired) electrons. The van der Waals surface area contributed by atoms with E-state index in [0.717, 1.165) is 27.8 Å². The van der Waals surface area contributed by atoms with E-state index in [9.17, 15) is 13.2 Å². The number of halogens is 1. The number of rotatable bonds is 3. The first kappa shape index (κ1) is 21.1. The van der Waals surface area contributed by atoms with Gasteiger partial charge < -0.3 is 9.32 Å². The Morgan fingerprint density at radius 1 is 0.893 bits per heavy atom. The minimum atomic E-state index is -3.63. The zero-order valence-electron chi connectivity index (χ0n) is 16.8. The van der Waals surface area contributed by atoms with Gasteiger partial charge in [0, 0.05) is 26.2 Å². The maximum Gasteiger partial charge on any atom is 0.289 e. The lowest BCUT2D eigenvalue weighted by atomic mass is 9.95. The van der Waals surface area contributed by atoms with Crippen molar-refractivity contribution in [3.8, 4) is 0 Å². The van der Waals surface area contributed by atoms with E-state index >= 15 is 0 Å². The molecule has 2 aromatic rings. The van der Waals surface area contributed by atoms with Gasteiger partial charge >= 0.3 is 0 Å². The molecule has 1 aliphatic rings. The van der Waals surface area contributed by atoms with E-state index in [1.54, 1.807) is 17.0 Å². The van der Waals surface area contributed by atoms with E-state index in [-0.39, 0.29) is 24.8 Å². The standard InChI is InChI=1S/C20H25BrN2O4S/c1-12-13(2)15(4)19(16(5)14(12)3)28(25,26)23-10-8-22(9-11-23)20(24)17-6-7-18(21)27-17/h6-7H,8-11H2,1-5H3. The van der Waals surface area contributed by atoms with Crippen molar-refractivity contribution in [3.63, 3.8) is 0 Å². The van der Waals surface area contributed by atoms with Crippen LogP contribution < -0.4 is 0 Å². The number of nitrogens with zero attached hydrogens (tertiary/aromatic N) is 2. The van der Waals surface area contributed by atoms with Crippen LogP contribution in [0.1, 0.15) is 38.4 Å². The molecule has 8 heteroatoms. The molecule has 3 rings (SSSR count). The predicted molar refractivity (Wildman–Crippen MR) is 111 cm³/mol. The Balaban J connectivity index is 1.84. The monoisotopic (exact) mass is 468 g/mol. The van der Waals surface area contributed by atoms with Crippen molar-refractivity contribution >= 4 is 31.9 Å². The Bertz CT molecular complexity index is 1010. The van der Waals surface area contributed by atoms with Gasteiger partial charge in [0.05, 0.1) is 4.90 Å². The topological polar surface area (TPSA) is 70.8 Å². The molecule has 0 N–H and O–H groups in total. The van der Waals surface area contributed by atoms with Crippen molar-refractivity contribution in [3.05, 3.63) is 50.4 Å². The maximum absolute atomic E-state index is 13.4. The Morgan fingerprint density at radius 2 is 1.39 bits per heavy atom. The van der Waals surface area contributed by atoms with Crippen LogP contribution >= 0.6 is 15.9 Å². The summed E-state index contributed by atoms with van der Waals surface area (Å²) in [5, 5.41) is 0. The number of carbonyl (C=O) groups excluding carboxylic acids is 1. The summed E-state index contributed by atoms with van der Waals surface area (Å²) in [6.45, 7) is 10.9. The van der Waals surface area contributed by atoms with Crippen LogP contribution in [0.4, 0.5) is 0 Å². The van der Waals surface area contributed by atoms with Crippen LogP contribution in [0.5, 0.6) is 0 Å². The van der Waals surface area contributed by atoms with Gasteiger partial charge in [0.2, 0.25) is 10.0 Å². The molecule has 0 aliphatic carbocycles. The first-order valence-electron chi connectivity index (χ1n) is 9.17. The summed E-state index contributed by atoms with van der Waals surface area (Å²) in [6.07, 6.45) is 0. The summed E-state index contributed by atoms with van der Waals surface area (Å²) in [4.78, 5) is 14.6. The van der Waals surface area contributed by atoms with Crippen LogP contribution in [0.15, 0.2) is 26.1 Å². The van der Waals surface area contributed by atoms with Crippen molar-refractivity contribution in [2.75, 3.05) is 26.2 Å². The highest BCUT2D eigenvalue weighted by Crippen LogP contribution is 2.32. The number of piperazine rings is 1. The second kappa shape index (κ2) is 7.65. The van der Waals surface area contributed by atoms with Crippen LogP contribution in [-0.2, 0) is 10.0 Å². The summed E-state index contributed by atoms with van der Waals surface area (Å²) in [5.74, 6) is 0.0248. The highest BCUT2D eigenvalue weighted by Gasteiger charge is 2.34. The molecule has 28 heavy (non-hydrogen) atoms. The van der Waals surface area contributed by atoms with Gasteiger partial charge in [0.15, 0.2) is 10.4 Å². The predicted octanol–water partition coefficient (Wildman–Crippen LogP) is 3.73. The third kappa shape index (κ3) is 3.53. The maximum atomic E-state index is 13.4. The summed E-state index contributed by atoms with van der Waals surface area (Å²) in [7, 11) is -3.63. The molecular formula is C20H25BrN2O4S. The Morgan fingerprint density at radius 3 is 1.86 bits per heavy atom. The fourth-order valence-corrected chi connectivity index (χ4v) is 5.99. The molecule has 1 aromatic heterocycles. The Hall–Kier alpha value is -1.64. The van der Waals surface area contributed by atoms with Crippen LogP contribution in [0, 0.1) is 34.6 Å². The van der Waals surface area contributed by atoms with Gasteiger partial charge in [-0.1, -0.05) is 0 Å². The van der Waals surface area contributed by atoms with Crippen LogP contribution in [-0.4, -0.2) is 49.7 Å². The highest BCUT2D eigenvalue weighted by molar-refractivity contribution is 9.10. The molecule has 1 amide bonds. The van der Waals surface area contributed by atoms with E-state index in [0.29, 0.717) is 22.7 Å². The molecule has 152 valence electrons. The van der Waals surface area contributed by atoms with Gasteiger partial charge in [-0.05, 0) is 90.5 Å². The van der Waals surface area contributed by atoms with E-state index < -0.39 is 10.0 Å². The average Bonchev–Trinajstić information content (AvgIpc) is 3.10. The lowest BCUT2D eigenvalue weighted by Crippen LogP contribution is -2.50. The molecular weight excluding hydrogens is 444 g/mol. The number of amides is 1. The van der Waals surface area contributed by atoms with Gasteiger partial charge in [-0.15, -0.1) is 0 Å². The largest absolute Gasteiger partial charge is 0.444 e. The molecule has 1 aliphatic heterocycles. The smallest absolute Gasteiger partial charge is 0.289 e. The van der Waals surface area contributed by atoms with E-state index in [2.05, 4.69) is 15.9 Å². The van der Waals surface area contributed by atoms with Crippen molar-refractivity contribution < 1.29 is 17.6 Å². The number of benzene rings is 1. The van der Waals surface area contributed by atoms with Crippen LogP contribution in [0.25, 0.3) is 0 Å². The second-order valence-corrected chi connectivity index (χ2v) is 9.91. The molecule has 0 atom stereocenters. The zero-order chi connectivity index (χ0) is 20.8. The number of hydrogen-bond acceptors (Lipinski definition) is 4. The number of sulfonamides is 1. The minimum absolute atomic E-state index is 0.225. The van der Waals surface area contributed by atoms with Crippen molar-refractivity contribution in [2.45, 2.75) is 39.5 Å². The molecule has 1 saturated heterocycles. The fourth-order valence-electron chi connectivity index (χ4n) is 3.70. The second-order valence-electron chi connectivity index (χ2n) is 7.25. The van der Waals surface area contributed by atoms with Gasteiger partial charge in [-0.3, -0.25) is 4.79 Å². The summed E-state index contributed by atoms with van der Waals surface area (Å²) >= 11 is 3.19. The SMILES string of the molecule is Cc1c(C)c(C)c(S(=O)(=O)N2CCN(C(=O)c3ccc(Br)o3)CC2)c(C)c1C. The van der Waals surface area contributed by atoms with Gasteiger partial charge in [0.25, 0.3) is 5.91 Å². The molecule has 0 spiro atoms. The quantitative estimate of drug-likeness (QED) is 0.687. The number of furan rings is 1. The molecule has 1 fully saturated rings. The van der Waals surface area contributed by atoms with Crippen molar-refractivity contribution in [2.24, 2.45) is 0 Å². The summed E-state index contributed by atoms with van der Waals surface area (Å²) in [6, 6.07) is 3.28. The van der Waals surface area contributed by atoms with Crippen molar-refractivity contribution in [1.82, 2.24) is 9.21 Å². The summed E-state index contributed by atoms with van der Waals surface area (Å²) in [5.41, 5.74) is 4.77. The van der Waals surface area contributed by atoms with Crippen molar-refractivity contribution in [1.29, 1.82) is 0 Å². The lowest BCUT2D eigenvalue weighted by molar-refractivity contribution is 0.0664. The molecule has 1 aromatic carbocycles. The molecule has 2 heterocycles. The van der Waals surface area contributed by atoms with Gasteiger partial charge in [-0.2, -0.15) is 4.31 Å². The zero-order valence-corrected chi connectivity index (χ0v) is 19.2. The molecule has 0 saturated carbocycles. The first-order chi connectivity index (χ1) is 13.1. The molecule has 0 bridgehead atoms. The fraction of sp³-hybridized carbons (Fsp3) is 0.450. The third-order valence-electron chi connectivity index (χ3n) is 5.84. The average molecular weight is 469 g/mol. The normalized spacial score (nSPS) is 15.9. The molecule has 0 unspecified atom stereocenters. The van der Waals surface area contributed by atoms with Gasteiger partial charge in [0.1, 0.15) is 0 Å². The third-order valence-corrected chi connectivity index (χ3v) is 8.44. The van der Waals surface area contributed by atoms with Crippen LogP contribution in [0.3, 0.4) is 0 Å². The first-order valence-corrected chi connectivity index (χ1v) is 11.4. The Labute approximate surface area is 174 Å². The van der Waals surface area contributed by atoms with Gasteiger partial charge in [-0.25, -0.2) is 8.42 Å². The summed E-state index contributed by atoms with van der Waals surface area (Å²) < 4.78 is 34.1. The highest BCUT2D eigenvalue weighted by atomic mass is 79.9. The van der Waals surface area contributed by atoms with E-state index in [1.165, 1.54) is 4.31 Å². The lowest BCUT2D eigenvalue weighted by Gasteiger charge is -2.34. The van der Waals surface area contributed by atoms with E-state index in [1.807, 2.05) is 34.6 Å². The number of carbonyl (C=O) groups is 1. The van der Waals surface area contributed by atoms with E-state index in [4.69, 9.17) is 4.42 Å². The van der Waals surface area contributed by atoms with Crippen LogP contribution in [0.2, 0.25) is 0 Å². The minimum Gasteiger partial charge on any atom is -0.444 e. The Kier molecular flexibility index (Phi) is 5.76. The number of hydrogen-bond donors (Lipinski definition) is 0.